The van der Waals surface area contributed by atoms with Crippen LogP contribution >= 0.6 is 24.0 Å². The maximum absolute atomic E-state index is 11.8. The minimum atomic E-state index is 0.124. The molecule has 0 N–H and O–H groups in total. The van der Waals surface area contributed by atoms with Crippen LogP contribution in [0.1, 0.15) is 12.0 Å². The minimum Gasteiger partial charge on any atom is -0.297 e. The van der Waals surface area contributed by atoms with Gasteiger partial charge < -0.3 is 0 Å². The molecule has 5 heteroatoms. The average molecular weight is 252 g/mol. The summed E-state index contributed by atoms with van der Waals surface area (Å²) >= 11 is 6.68. The number of hydrogen-bond acceptors (Lipinski definition) is 4. The number of thioether (sulfide) groups is 1. The number of amides is 1. The third-order valence-corrected chi connectivity index (χ3v) is 3.84. The molecule has 16 heavy (non-hydrogen) atoms. The maximum Gasteiger partial charge on any atom is 0.228 e. The lowest BCUT2D eigenvalue weighted by atomic mass is 10.1. The van der Waals surface area contributed by atoms with Gasteiger partial charge in [0.15, 0.2) is 0 Å². The zero-order valence-electron chi connectivity index (χ0n) is 8.76. The van der Waals surface area contributed by atoms with Crippen molar-refractivity contribution in [2.75, 3.05) is 12.3 Å². The number of aromatic nitrogens is 1. The molecule has 0 bridgehead atoms. The van der Waals surface area contributed by atoms with Gasteiger partial charge in [-0.2, -0.15) is 0 Å². The molecule has 1 aliphatic heterocycles. The van der Waals surface area contributed by atoms with E-state index in [9.17, 15) is 4.79 Å². The summed E-state index contributed by atoms with van der Waals surface area (Å²) in [6, 6.07) is 3.87. The summed E-state index contributed by atoms with van der Waals surface area (Å²) in [5, 5.41) is 0. The molecule has 0 aliphatic carbocycles. The van der Waals surface area contributed by atoms with Gasteiger partial charge in [-0.05, 0) is 18.1 Å². The Hall–Kier alpha value is -0.940. The molecule has 1 fully saturated rings. The third-order valence-electron chi connectivity index (χ3n) is 2.41. The van der Waals surface area contributed by atoms with Crippen LogP contribution in [0.25, 0.3) is 0 Å². The summed E-state index contributed by atoms with van der Waals surface area (Å²) in [5.74, 6) is 1.05. The molecule has 1 aliphatic rings. The van der Waals surface area contributed by atoms with Crippen molar-refractivity contribution < 1.29 is 4.79 Å². The van der Waals surface area contributed by atoms with Crippen molar-refractivity contribution in [1.82, 2.24) is 9.88 Å². The van der Waals surface area contributed by atoms with Crippen molar-refractivity contribution in [3.8, 4) is 0 Å². The molecule has 84 valence electrons. The highest BCUT2D eigenvalue weighted by Gasteiger charge is 2.23. The van der Waals surface area contributed by atoms with E-state index in [2.05, 4.69) is 4.98 Å². The summed E-state index contributed by atoms with van der Waals surface area (Å²) in [7, 11) is 0. The predicted octanol–water partition coefficient (Wildman–Crippen LogP) is 1.87. The van der Waals surface area contributed by atoms with Crippen molar-refractivity contribution in [2.24, 2.45) is 0 Å². The first-order chi connectivity index (χ1) is 7.77. The predicted molar refractivity (Wildman–Crippen MR) is 69.3 cm³/mol. The van der Waals surface area contributed by atoms with E-state index < -0.39 is 0 Å². The molecule has 1 saturated heterocycles. The number of rotatable bonds is 3. The Morgan fingerprint density at radius 3 is 3.12 bits per heavy atom. The summed E-state index contributed by atoms with van der Waals surface area (Å²) < 4.78 is 0.719. The highest BCUT2D eigenvalue weighted by Crippen LogP contribution is 2.19. The fourth-order valence-corrected chi connectivity index (χ4v) is 2.79. The molecule has 2 heterocycles. The van der Waals surface area contributed by atoms with Crippen LogP contribution in [0.4, 0.5) is 0 Å². The largest absolute Gasteiger partial charge is 0.297 e. The molecule has 1 aromatic heterocycles. The SMILES string of the molecule is O=C(CCc1cccnc1)N1CCSC1=S. The van der Waals surface area contributed by atoms with Gasteiger partial charge in [0.1, 0.15) is 4.32 Å². The van der Waals surface area contributed by atoms with E-state index in [-0.39, 0.29) is 5.91 Å². The van der Waals surface area contributed by atoms with E-state index in [0.29, 0.717) is 6.42 Å². The highest BCUT2D eigenvalue weighted by atomic mass is 32.2. The van der Waals surface area contributed by atoms with Crippen LogP contribution in [-0.2, 0) is 11.2 Å². The van der Waals surface area contributed by atoms with E-state index in [1.807, 2.05) is 12.1 Å². The summed E-state index contributed by atoms with van der Waals surface area (Å²) in [5.41, 5.74) is 1.09. The molecule has 1 aromatic rings. The second-order valence-corrected chi connectivity index (χ2v) is 5.25. The van der Waals surface area contributed by atoms with Crippen LogP contribution in [-0.4, -0.2) is 32.4 Å². The Bertz CT molecular complexity index is 394. The monoisotopic (exact) mass is 252 g/mol. The summed E-state index contributed by atoms with van der Waals surface area (Å²) in [6.45, 7) is 0.759. The first-order valence-corrected chi connectivity index (χ1v) is 6.53. The zero-order chi connectivity index (χ0) is 11.4. The Morgan fingerprint density at radius 2 is 2.50 bits per heavy atom. The molecule has 0 radical (unpaired) electrons. The molecule has 0 spiro atoms. The number of nitrogens with zero attached hydrogens (tertiary/aromatic N) is 2. The van der Waals surface area contributed by atoms with E-state index in [4.69, 9.17) is 12.2 Å². The molecule has 1 amide bonds. The molecule has 0 atom stereocenters. The van der Waals surface area contributed by atoms with Crippen molar-refractivity contribution in [1.29, 1.82) is 0 Å². The van der Waals surface area contributed by atoms with E-state index >= 15 is 0 Å². The number of pyridine rings is 1. The van der Waals surface area contributed by atoms with Gasteiger partial charge in [-0.15, -0.1) is 0 Å². The fraction of sp³-hybridized carbons (Fsp3) is 0.364. The Morgan fingerprint density at radius 1 is 1.62 bits per heavy atom. The van der Waals surface area contributed by atoms with E-state index in [0.717, 1.165) is 28.6 Å². The van der Waals surface area contributed by atoms with Gasteiger partial charge in [0, 0.05) is 31.1 Å². The maximum atomic E-state index is 11.8. The molecule has 0 aromatic carbocycles. The average Bonchev–Trinajstić information content (AvgIpc) is 2.74. The Labute approximate surface area is 104 Å². The van der Waals surface area contributed by atoms with Gasteiger partial charge in [-0.25, -0.2) is 0 Å². The summed E-state index contributed by atoms with van der Waals surface area (Å²) in [6.07, 6.45) is 4.77. The van der Waals surface area contributed by atoms with Crippen LogP contribution in [0.2, 0.25) is 0 Å². The lowest BCUT2D eigenvalue weighted by Crippen LogP contribution is -2.30. The van der Waals surface area contributed by atoms with Crippen LogP contribution in [0.15, 0.2) is 24.5 Å². The van der Waals surface area contributed by atoms with E-state index in [1.165, 1.54) is 0 Å². The smallest absolute Gasteiger partial charge is 0.228 e. The Balaban J connectivity index is 1.86. The van der Waals surface area contributed by atoms with Crippen molar-refractivity contribution in [2.45, 2.75) is 12.8 Å². The number of carbonyl (C=O) groups excluding carboxylic acids is 1. The second kappa shape index (κ2) is 5.41. The summed E-state index contributed by atoms with van der Waals surface area (Å²) in [4.78, 5) is 17.6. The number of thiocarbonyl (C=S) groups is 1. The van der Waals surface area contributed by atoms with Gasteiger partial charge >= 0.3 is 0 Å². The molecular formula is C11H12N2OS2. The van der Waals surface area contributed by atoms with Gasteiger partial charge in [-0.1, -0.05) is 30.0 Å². The second-order valence-electron chi connectivity index (χ2n) is 3.52. The van der Waals surface area contributed by atoms with Crippen LogP contribution < -0.4 is 0 Å². The van der Waals surface area contributed by atoms with Gasteiger partial charge in [-0.3, -0.25) is 14.7 Å². The molecule has 3 nitrogen and oxygen atoms in total. The fourth-order valence-electron chi connectivity index (χ4n) is 1.55. The van der Waals surface area contributed by atoms with Crippen LogP contribution in [0, 0.1) is 0 Å². The van der Waals surface area contributed by atoms with Crippen LogP contribution in [0.3, 0.4) is 0 Å². The topological polar surface area (TPSA) is 33.2 Å². The first kappa shape index (κ1) is 11.5. The Kier molecular flexibility index (Phi) is 3.90. The first-order valence-electron chi connectivity index (χ1n) is 5.13. The normalized spacial score (nSPS) is 15.5. The van der Waals surface area contributed by atoms with Crippen LogP contribution in [0.5, 0.6) is 0 Å². The molecule has 2 rings (SSSR count). The van der Waals surface area contributed by atoms with Gasteiger partial charge in [0.25, 0.3) is 0 Å². The lowest BCUT2D eigenvalue weighted by Gasteiger charge is -2.14. The number of carbonyl (C=O) groups is 1. The lowest BCUT2D eigenvalue weighted by molar-refractivity contribution is -0.126. The zero-order valence-corrected chi connectivity index (χ0v) is 10.4. The number of hydrogen-bond donors (Lipinski definition) is 0. The van der Waals surface area contributed by atoms with Gasteiger partial charge in [0.05, 0.1) is 0 Å². The van der Waals surface area contributed by atoms with Crippen molar-refractivity contribution >= 4 is 34.2 Å². The van der Waals surface area contributed by atoms with Crippen molar-refractivity contribution in [3.05, 3.63) is 30.1 Å². The third kappa shape index (κ3) is 2.80. The van der Waals surface area contributed by atoms with E-state index in [1.54, 1.807) is 29.1 Å². The molecule has 0 saturated carbocycles. The molecular weight excluding hydrogens is 240 g/mol. The van der Waals surface area contributed by atoms with Crippen molar-refractivity contribution in [3.63, 3.8) is 0 Å². The standard InChI is InChI=1S/C11H12N2OS2/c14-10(13-6-7-16-11(13)15)4-3-9-2-1-5-12-8-9/h1-2,5,8H,3-4,6-7H2. The van der Waals surface area contributed by atoms with Gasteiger partial charge in [0.2, 0.25) is 5.91 Å². The minimum absolute atomic E-state index is 0.124. The quantitative estimate of drug-likeness (QED) is 0.769. The molecule has 0 unspecified atom stereocenters. The highest BCUT2D eigenvalue weighted by molar-refractivity contribution is 8.23. The number of aryl methyl sites for hydroxylation is 1.